The van der Waals surface area contributed by atoms with Crippen molar-refractivity contribution in [3.63, 3.8) is 0 Å². The van der Waals surface area contributed by atoms with Gasteiger partial charge in [0, 0.05) is 30.2 Å². The van der Waals surface area contributed by atoms with Gasteiger partial charge in [0.2, 0.25) is 0 Å². The van der Waals surface area contributed by atoms with Crippen LogP contribution in [-0.2, 0) is 11.3 Å². The van der Waals surface area contributed by atoms with Gasteiger partial charge < -0.3 is 14.5 Å². The minimum Gasteiger partial charge on any atom is -0.443 e. The Kier molecular flexibility index (Phi) is 5.39. The third kappa shape index (κ3) is 3.79. The summed E-state index contributed by atoms with van der Waals surface area (Å²) >= 11 is 9.62. The number of nitrogens with zero attached hydrogens (tertiary/aromatic N) is 1. The molecule has 0 aliphatic carbocycles. The number of aromatic nitrogens is 1. The molecule has 2 aromatic rings. The first-order chi connectivity index (χ1) is 9.22. The van der Waals surface area contributed by atoms with Gasteiger partial charge in [-0.15, -0.1) is 0 Å². The molecule has 102 valence electrons. The number of nitrogens with one attached hydrogen (secondary N) is 1. The molecule has 0 fully saturated rings. The van der Waals surface area contributed by atoms with Crippen LogP contribution in [0.4, 0.5) is 0 Å². The van der Waals surface area contributed by atoms with Gasteiger partial charge in [-0.1, -0.05) is 27.5 Å². The normalized spacial score (nSPS) is 10.9. The number of oxazole rings is 1. The zero-order valence-electron chi connectivity index (χ0n) is 10.5. The molecule has 19 heavy (non-hydrogen) atoms. The topological polar surface area (TPSA) is 47.3 Å². The number of benzene rings is 1. The summed E-state index contributed by atoms with van der Waals surface area (Å²) in [6, 6.07) is 5.63. The summed E-state index contributed by atoms with van der Waals surface area (Å²) in [4.78, 5) is 4.22. The fraction of sp³-hybridized carbons (Fsp3) is 0.308. The van der Waals surface area contributed by atoms with E-state index in [2.05, 4.69) is 26.2 Å². The maximum absolute atomic E-state index is 6.19. The van der Waals surface area contributed by atoms with Crippen molar-refractivity contribution in [2.75, 3.05) is 20.3 Å². The van der Waals surface area contributed by atoms with E-state index in [1.807, 2.05) is 18.2 Å². The molecule has 6 heteroatoms. The molecule has 2 rings (SSSR count). The van der Waals surface area contributed by atoms with E-state index in [0.717, 1.165) is 22.3 Å². The zero-order valence-corrected chi connectivity index (χ0v) is 12.8. The fourth-order valence-corrected chi connectivity index (χ4v) is 2.23. The average Bonchev–Trinajstić information content (AvgIpc) is 2.86. The number of methoxy groups -OCH3 is 1. The molecule has 0 unspecified atom stereocenters. The van der Waals surface area contributed by atoms with Crippen molar-refractivity contribution in [2.45, 2.75) is 6.54 Å². The minimum atomic E-state index is 0.609. The predicted molar refractivity (Wildman–Crippen MR) is 78.2 cm³/mol. The molecular weight excluding hydrogens is 332 g/mol. The Bertz CT molecular complexity index is 545. The lowest BCUT2D eigenvalue weighted by Crippen LogP contribution is -2.19. The molecule has 0 saturated carbocycles. The van der Waals surface area contributed by atoms with E-state index in [4.69, 9.17) is 20.8 Å². The molecule has 1 N–H and O–H groups in total. The van der Waals surface area contributed by atoms with Crippen LogP contribution in [0.1, 0.15) is 5.69 Å². The Balaban J connectivity index is 2.16. The second-order valence-electron chi connectivity index (χ2n) is 3.92. The third-order valence-electron chi connectivity index (χ3n) is 2.59. The average molecular weight is 346 g/mol. The van der Waals surface area contributed by atoms with Crippen LogP contribution >= 0.6 is 27.5 Å². The van der Waals surface area contributed by atoms with Gasteiger partial charge in [0.05, 0.1) is 11.6 Å². The summed E-state index contributed by atoms with van der Waals surface area (Å²) in [7, 11) is 1.67. The van der Waals surface area contributed by atoms with Gasteiger partial charge >= 0.3 is 0 Å². The van der Waals surface area contributed by atoms with Gasteiger partial charge in [0.15, 0.2) is 12.2 Å². The summed E-state index contributed by atoms with van der Waals surface area (Å²) < 4.78 is 11.4. The highest BCUT2D eigenvalue weighted by atomic mass is 79.9. The van der Waals surface area contributed by atoms with Crippen LogP contribution in [0.5, 0.6) is 0 Å². The monoisotopic (exact) mass is 344 g/mol. The van der Waals surface area contributed by atoms with Gasteiger partial charge in [0.1, 0.15) is 5.69 Å². The lowest BCUT2D eigenvalue weighted by atomic mass is 10.1. The van der Waals surface area contributed by atoms with E-state index in [1.165, 1.54) is 6.39 Å². The van der Waals surface area contributed by atoms with Gasteiger partial charge in [-0.05, 0) is 18.2 Å². The Morgan fingerprint density at radius 3 is 3.11 bits per heavy atom. The van der Waals surface area contributed by atoms with Crippen molar-refractivity contribution >= 4 is 27.5 Å². The molecule has 1 heterocycles. The van der Waals surface area contributed by atoms with Crippen molar-refractivity contribution in [3.05, 3.63) is 39.8 Å². The SMILES string of the molecule is COCCNCc1ncoc1-c1cc(Br)ccc1Cl. The first kappa shape index (κ1) is 14.5. The van der Waals surface area contributed by atoms with Gasteiger partial charge in [-0.25, -0.2) is 4.98 Å². The molecule has 0 amide bonds. The van der Waals surface area contributed by atoms with Crippen LogP contribution in [0.15, 0.2) is 33.5 Å². The van der Waals surface area contributed by atoms with Crippen molar-refractivity contribution < 1.29 is 9.15 Å². The molecule has 1 aromatic heterocycles. The first-order valence-electron chi connectivity index (χ1n) is 5.80. The van der Waals surface area contributed by atoms with E-state index in [0.29, 0.717) is 23.9 Å². The van der Waals surface area contributed by atoms with Crippen LogP contribution in [0.2, 0.25) is 5.02 Å². The zero-order chi connectivity index (χ0) is 13.7. The van der Waals surface area contributed by atoms with E-state index in [9.17, 15) is 0 Å². The lowest BCUT2D eigenvalue weighted by molar-refractivity contribution is 0.199. The Morgan fingerprint density at radius 2 is 2.32 bits per heavy atom. The molecule has 0 aliphatic heterocycles. The maximum Gasteiger partial charge on any atom is 0.181 e. The molecule has 1 aromatic carbocycles. The number of halogens is 2. The highest BCUT2D eigenvalue weighted by Crippen LogP contribution is 2.32. The summed E-state index contributed by atoms with van der Waals surface area (Å²) in [5.74, 6) is 0.691. The standard InChI is InChI=1S/C13H14BrClN2O2/c1-18-5-4-16-7-12-13(19-8-17-12)10-6-9(14)2-3-11(10)15/h2-3,6,8,16H,4-5,7H2,1H3. The van der Waals surface area contributed by atoms with Crippen molar-refractivity contribution in [1.29, 1.82) is 0 Å². The summed E-state index contributed by atoms with van der Waals surface area (Å²) in [5.41, 5.74) is 1.66. The summed E-state index contributed by atoms with van der Waals surface area (Å²) in [6.07, 6.45) is 1.43. The molecule has 0 spiro atoms. The van der Waals surface area contributed by atoms with E-state index in [-0.39, 0.29) is 0 Å². The lowest BCUT2D eigenvalue weighted by Gasteiger charge is -2.05. The predicted octanol–water partition coefficient (Wildman–Crippen LogP) is 3.49. The first-order valence-corrected chi connectivity index (χ1v) is 6.97. The summed E-state index contributed by atoms with van der Waals surface area (Å²) in [5, 5.41) is 3.87. The largest absolute Gasteiger partial charge is 0.443 e. The Morgan fingerprint density at radius 1 is 1.47 bits per heavy atom. The molecule has 0 atom stereocenters. The van der Waals surface area contributed by atoms with Crippen LogP contribution in [-0.4, -0.2) is 25.2 Å². The van der Waals surface area contributed by atoms with Crippen LogP contribution in [0, 0.1) is 0 Å². The molecule has 0 radical (unpaired) electrons. The number of hydrogen-bond donors (Lipinski definition) is 1. The van der Waals surface area contributed by atoms with Gasteiger partial charge in [-0.3, -0.25) is 0 Å². The second kappa shape index (κ2) is 7.05. The van der Waals surface area contributed by atoms with Crippen molar-refractivity contribution in [1.82, 2.24) is 10.3 Å². The van der Waals surface area contributed by atoms with Crippen LogP contribution < -0.4 is 5.32 Å². The number of ether oxygens (including phenoxy) is 1. The quantitative estimate of drug-likeness (QED) is 0.814. The maximum atomic E-state index is 6.19. The highest BCUT2D eigenvalue weighted by Gasteiger charge is 2.14. The van der Waals surface area contributed by atoms with Crippen LogP contribution in [0.25, 0.3) is 11.3 Å². The van der Waals surface area contributed by atoms with Crippen molar-refractivity contribution in [3.8, 4) is 11.3 Å². The van der Waals surface area contributed by atoms with Crippen LogP contribution in [0.3, 0.4) is 0 Å². The minimum absolute atomic E-state index is 0.609. The van der Waals surface area contributed by atoms with E-state index in [1.54, 1.807) is 7.11 Å². The molecule has 0 bridgehead atoms. The molecule has 4 nitrogen and oxygen atoms in total. The Labute approximate surface area is 125 Å². The van der Waals surface area contributed by atoms with Gasteiger partial charge in [0.25, 0.3) is 0 Å². The number of hydrogen-bond acceptors (Lipinski definition) is 4. The molecular formula is C13H14BrClN2O2. The van der Waals surface area contributed by atoms with E-state index >= 15 is 0 Å². The smallest absolute Gasteiger partial charge is 0.181 e. The number of rotatable bonds is 6. The van der Waals surface area contributed by atoms with E-state index < -0.39 is 0 Å². The fourth-order valence-electron chi connectivity index (χ4n) is 1.67. The molecule has 0 saturated heterocycles. The third-order valence-corrected chi connectivity index (χ3v) is 3.41. The Hall–Kier alpha value is -0.880. The highest BCUT2D eigenvalue weighted by molar-refractivity contribution is 9.10. The molecule has 0 aliphatic rings. The second-order valence-corrected chi connectivity index (χ2v) is 5.24. The van der Waals surface area contributed by atoms with Crippen molar-refractivity contribution in [2.24, 2.45) is 0 Å². The summed E-state index contributed by atoms with van der Waals surface area (Å²) in [6.45, 7) is 2.03. The van der Waals surface area contributed by atoms with Gasteiger partial charge in [-0.2, -0.15) is 0 Å².